The van der Waals surface area contributed by atoms with Crippen LogP contribution in [0, 0.1) is 10.1 Å². The Kier molecular flexibility index (Phi) is 7.91. The van der Waals surface area contributed by atoms with Crippen LogP contribution in [0.4, 0.5) is 5.69 Å². The van der Waals surface area contributed by atoms with Crippen molar-refractivity contribution in [1.29, 1.82) is 0 Å². The molecule has 0 radical (unpaired) electrons. The van der Waals surface area contributed by atoms with E-state index >= 15 is 0 Å². The molecular formula is C28H20N2O9. The van der Waals surface area contributed by atoms with Crippen LogP contribution >= 0.6 is 0 Å². The smallest absolute Gasteiger partial charge is 0.363 e. The summed E-state index contributed by atoms with van der Waals surface area (Å²) in [7, 11) is 1.40. The molecule has 0 aliphatic carbocycles. The molecule has 0 amide bonds. The van der Waals surface area contributed by atoms with Crippen LogP contribution in [0.1, 0.15) is 23.6 Å². The summed E-state index contributed by atoms with van der Waals surface area (Å²) in [4.78, 5) is 50.7. The van der Waals surface area contributed by atoms with Gasteiger partial charge < -0.3 is 18.9 Å². The van der Waals surface area contributed by atoms with Gasteiger partial charge in [0.1, 0.15) is 5.75 Å². The summed E-state index contributed by atoms with van der Waals surface area (Å²) in [6.45, 7) is 1.26. The van der Waals surface area contributed by atoms with Crippen molar-refractivity contribution in [2.45, 2.75) is 6.92 Å². The van der Waals surface area contributed by atoms with Crippen LogP contribution in [0.3, 0.4) is 0 Å². The lowest BCUT2D eigenvalue weighted by molar-refractivity contribution is -0.384. The molecule has 3 aromatic rings. The second kappa shape index (κ2) is 11.6. The zero-order valence-electron chi connectivity index (χ0n) is 20.7. The number of non-ortho nitro benzene ring substituents is 1. The van der Waals surface area contributed by atoms with Crippen LogP contribution < -0.4 is 14.2 Å². The first-order valence-corrected chi connectivity index (χ1v) is 11.4. The minimum atomic E-state index is -0.716. The molecule has 0 atom stereocenters. The second-order valence-electron chi connectivity index (χ2n) is 7.94. The number of para-hydroxylation sites is 1. The van der Waals surface area contributed by atoms with E-state index < -0.39 is 22.8 Å². The van der Waals surface area contributed by atoms with E-state index in [0.29, 0.717) is 16.7 Å². The van der Waals surface area contributed by atoms with Gasteiger partial charge >= 0.3 is 17.9 Å². The largest absolute Gasteiger partial charge is 0.493 e. The van der Waals surface area contributed by atoms with Crippen LogP contribution in [-0.2, 0) is 19.1 Å². The summed E-state index contributed by atoms with van der Waals surface area (Å²) in [6.07, 6.45) is 4.06. The number of esters is 3. The van der Waals surface area contributed by atoms with Gasteiger partial charge in [0.2, 0.25) is 5.90 Å². The summed E-state index contributed by atoms with van der Waals surface area (Å²) in [6, 6.07) is 16.8. The maximum Gasteiger partial charge on any atom is 0.363 e. The van der Waals surface area contributed by atoms with E-state index in [1.54, 1.807) is 30.3 Å². The molecule has 0 unspecified atom stereocenters. The first-order chi connectivity index (χ1) is 18.7. The molecule has 1 aliphatic rings. The molecule has 39 heavy (non-hydrogen) atoms. The zero-order valence-corrected chi connectivity index (χ0v) is 20.7. The Morgan fingerprint density at radius 2 is 1.72 bits per heavy atom. The Balaban J connectivity index is 1.52. The highest BCUT2D eigenvalue weighted by atomic mass is 16.6. The fraction of sp³-hybridized carbons (Fsp3) is 0.0714. The van der Waals surface area contributed by atoms with Crippen LogP contribution in [0.25, 0.3) is 12.2 Å². The number of hydrogen-bond donors (Lipinski definition) is 0. The SMILES string of the molecule is COc1cc(C2=N/C(=C\c3ccccc3OC(=O)/C=C/c3ccc([N+](=O)[O-])cc3)C(=O)O2)ccc1OC(C)=O. The summed E-state index contributed by atoms with van der Waals surface area (Å²) in [5.74, 6) is -1.29. The van der Waals surface area contributed by atoms with Gasteiger partial charge in [0.15, 0.2) is 17.2 Å². The minimum absolute atomic E-state index is 0.0134. The average Bonchev–Trinajstić information content (AvgIpc) is 3.28. The first kappa shape index (κ1) is 26.5. The van der Waals surface area contributed by atoms with Gasteiger partial charge in [0.25, 0.3) is 5.69 Å². The Morgan fingerprint density at radius 1 is 0.974 bits per heavy atom. The molecule has 4 rings (SSSR count). The maximum absolute atomic E-state index is 12.5. The number of nitro groups is 1. The summed E-state index contributed by atoms with van der Waals surface area (Å²) < 4.78 is 21.1. The second-order valence-corrected chi connectivity index (χ2v) is 7.94. The van der Waals surface area contributed by atoms with Crippen molar-refractivity contribution >= 4 is 41.6 Å². The van der Waals surface area contributed by atoms with E-state index in [0.717, 1.165) is 0 Å². The monoisotopic (exact) mass is 528 g/mol. The lowest BCUT2D eigenvalue weighted by Gasteiger charge is -2.09. The lowest BCUT2D eigenvalue weighted by atomic mass is 10.1. The van der Waals surface area contributed by atoms with E-state index in [1.165, 1.54) is 68.7 Å². The molecule has 1 heterocycles. The molecule has 11 heteroatoms. The van der Waals surface area contributed by atoms with Crippen molar-refractivity contribution in [3.05, 3.63) is 105 Å². The molecular weight excluding hydrogens is 508 g/mol. The molecule has 1 aliphatic heterocycles. The molecule has 0 fully saturated rings. The van der Waals surface area contributed by atoms with E-state index in [2.05, 4.69) is 4.99 Å². The molecule has 11 nitrogen and oxygen atoms in total. The van der Waals surface area contributed by atoms with Gasteiger partial charge in [-0.15, -0.1) is 0 Å². The molecule has 196 valence electrons. The van der Waals surface area contributed by atoms with Gasteiger partial charge in [-0.25, -0.2) is 14.6 Å². The Labute approximate surface area is 221 Å². The van der Waals surface area contributed by atoms with Gasteiger partial charge in [0.05, 0.1) is 12.0 Å². The Hall–Kier alpha value is -5.58. The predicted octanol–water partition coefficient (Wildman–Crippen LogP) is 4.49. The molecule has 3 aromatic carbocycles. The highest BCUT2D eigenvalue weighted by Crippen LogP contribution is 2.31. The number of carbonyl (C=O) groups excluding carboxylic acids is 3. The fourth-order valence-electron chi connectivity index (χ4n) is 3.43. The molecule has 0 spiro atoms. The first-order valence-electron chi connectivity index (χ1n) is 11.4. The van der Waals surface area contributed by atoms with Crippen molar-refractivity contribution in [3.8, 4) is 17.2 Å². The maximum atomic E-state index is 12.5. The van der Waals surface area contributed by atoms with E-state index in [9.17, 15) is 24.5 Å². The van der Waals surface area contributed by atoms with Gasteiger partial charge in [0, 0.05) is 36.3 Å². The lowest BCUT2D eigenvalue weighted by Crippen LogP contribution is -2.07. The number of methoxy groups -OCH3 is 1. The van der Waals surface area contributed by atoms with E-state index in [4.69, 9.17) is 18.9 Å². The summed E-state index contributed by atoms with van der Waals surface area (Å²) >= 11 is 0. The Morgan fingerprint density at radius 3 is 2.41 bits per heavy atom. The number of nitro benzene ring substituents is 1. The van der Waals surface area contributed by atoms with E-state index in [-0.39, 0.29) is 34.5 Å². The normalized spacial score (nSPS) is 13.6. The van der Waals surface area contributed by atoms with Crippen LogP contribution in [0.15, 0.2) is 83.5 Å². The quantitative estimate of drug-likeness (QED) is 0.136. The predicted molar refractivity (Wildman–Crippen MR) is 139 cm³/mol. The van der Waals surface area contributed by atoms with Gasteiger partial charge in [-0.3, -0.25) is 14.9 Å². The Bertz CT molecular complexity index is 1550. The van der Waals surface area contributed by atoms with Gasteiger partial charge in [-0.2, -0.15) is 0 Å². The average molecular weight is 528 g/mol. The summed E-state index contributed by atoms with van der Waals surface area (Å²) in [5.41, 5.74) is 1.29. The molecule has 0 saturated carbocycles. The third kappa shape index (κ3) is 6.60. The zero-order chi connectivity index (χ0) is 27.9. The molecule has 0 bridgehead atoms. The van der Waals surface area contributed by atoms with Crippen molar-refractivity contribution in [2.75, 3.05) is 7.11 Å². The molecule has 0 saturated heterocycles. The van der Waals surface area contributed by atoms with Gasteiger partial charge in [-0.05, 0) is 54.1 Å². The van der Waals surface area contributed by atoms with Crippen molar-refractivity contribution in [3.63, 3.8) is 0 Å². The van der Waals surface area contributed by atoms with Crippen molar-refractivity contribution < 1.29 is 38.3 Å². The number of cyclic esters (lactones) is 1. The van der Waals surface area contributed by atoms with Crippen LogP contribution in [0.5, 0.6) is 17.2 Å². The highest BCUT2D eigenvalue weighted by molar-refractivity contribution is 6.13. The molecule has 0 aromatic heterocycles. The topological polar surface area (TPSA) is 144 Å². The van der Waals surface area contributed by atoms with Crippen LogP contribution in [0.2, 0.25) is 0 Å². The molecule has 0 N–H and O–H groups in total. The van der Waals surface area contributed by atoms with Gasteiger partial charge in [-0.1, -0.05) is 18.2 Å². The number of ether oxygens (including phenoxy) is 4. The van der Waals surface area contributed by atoms with E-state index in [1.807, 2.05) is 0 Å². The van der Waals surface area contributed by atoms with Crippen molar-refractivity contribution in [1.82, 2.24) is 0 Å². The summed E-state index contributed by atoms with van der Waals surface area (Å²) in [5, 5.41) is 10.8. The number of nitrogens with zero attached hydrogens (tertiary/aromatic N) is 2. The standard InChI is InChI=1S/C28H20N2O9/c1-17(31)37-24-13-10-20(16-25(24)36-2)27-29-22(28(33)39-27)15-19-5-3-4-6-23(19)38-26(32)14-9-18-7-11-21(12-8-18)30(34)35/h3-16H,1-2H3/b14-9+,22-15-. The minimum Gasteiger partial charge on any atom is -0.493 e. The van der Waals surface area contributed by atoms with Crippen LogP contribution in [-0.4, -0.2) is 35.8 Å². The van der Waals surface area contributed by atoms with Crippen molar-refractivity contribution in [2.24, 2.45) is 4.99 Å². The number of rotatable bonds is 8. The number of benzene rings is 3. The highest BCUT2D eigenvalue weighted by Gasteiger charge is 2.25. The third-order valence-corrected chi connectivity index (χ3v) is 5.22. The fourth-order valence-corrected chi connectivity index (χ4v) is 3.43. The number of aliphatic imine (C=N–C) groups is 1. The number of carbonyl (C=O) groups is 3. The number of hydrogen-bond acceptors (Lipinski definition) is 10. The third-order valence-electron chi connectivity index (χ3n) is 5.22.